The van der Waals surface area contributed by atoms with E-state index < -0.39 is 11.6 Å². The van der Waals surface area contributed by atoms with Crippen molar-refractivity contribution in [1.29, 1.82) is 0 Å². The van der Waals surface area contributed by atoms with Gasteiger partial charge >= 0.3 is 0 Å². The molecule has 0 saturated heterocycles. The Bertz CT molecular complexity index is 572. The molecule has 0 aliphatic heterocycles. The maximum atomic E-state index is 13.1. The molecule has 0 fully saturated rings. The fourth-order valence-electron chi connectivity index (χ4n) is 1.85. The molecule has 1 atom stereocenters. The third-order valence-electron chi connectivity index (χ3n) is 2.71. The Balaban J connectivity index is 1.92. The summed E-state index contributed by atoms with van der Waals surface area (Å²) in [4.78, 5) is 0.954. The molecule has 1 unspecified atom stereocenters. The van der Waals surface area contributed by atoms with E-state index in [0.717, 1.165) is 11.0 Å². The van der Waals surface area contributed by atoms with Crippen molar-refractivity contribution in [2.24, 2.45) is 5.73 Å². The van der Waals surface area contributed by atoms with Crippen molar-refractivity contribution in [2.75, 3.05) is 5.75 Å². The van der Waals surface area contributed by atoms with Crippen LogP contribution >= 0.6 is 23.4 Å². The molecule has 2 aromatic carbocycles. The smallest absolute Gasteiger partial charge is 0.126 e. The molecule has 0 aliphatic rings. The molecule has 0 aromatic heterocycles. The second kappa shape index (κ2) is 7.07. The summed E-state index contributed by atoms with van der Waals surface area (Å²) in [7, 11) is 0. The zero-order valence-corrected chi connectivity index (χ0v) is 12.2. The number of nitrogens with two attached hydrogens (primary N) is 1. The van der Waals surface area contributed by atoms with Crippen LogP contribution in [0.3, 0.4) is 0 Å². The van der Waals surface area contributed by atoms with E-state index in [2.05, 4.69) is 0 Å². The summed E-state index contributed by atoms with van der Waals surface area (Å²) in [6.45, 7) is 0. The molecule has 0 aliphatic carbocycles. The van der Waals surface area contributed by atoms with Crippen LogP contribution in [-0.2, 0) is 6.42 Å². The normalized spacial score (nSPS) is 12.4. The molecule has 0 spiro atoms. The van der Waals surface area contributed by atoms with Crippen molar-refractivity contribution in [2.45, 2.75) is 17.4 Å². The zero-order valence-electron chi connectivity index (χ0n) is 10.7. The van der Waals surface area contributed by atoms with Crippen molar-refractivity contribution in [3.8, 4) is 0 Å². The van der Waals surface area contributed by atoms with E-state index in [-0.39, 0.29) is 6.04 Å². The van der Waals surface area contributed by atoms with Gasteiger partial charge in [0.1, 0.15) is 11.6 Å². The molecular weight excluding hydrogens is 300 g/mol. The minimum atomic E-state index is -0.578. The number of thioether (sulfide) groups is 1. The first-order valence-corrected chi connectivity index (χ1v) is 7.49. The Morgan fingerprint density at radius 2 is 1.75 bits per heavy atom. The number of benzene rings is 2. The van der Waals surface area contributed by atoms with Crippen LogP contribution in [0, 0.1) is 11.6 Å². The van der Waals surface area contributed by atoms with Gasteiger partial charge in [-0.3, -0.25) is 0 Å². The SMILES string of the molecule is NC(CSc1ccccc1Cl)Cc1cc(F)cc(F)c1. The highest BCUT2D eigenvalue weighted by Gasteiger charge is 2.09. The summed E-state index contributed by atoms with van der Waals surface area (Å²) in [5, 5.41) is 0.682. The van der Waals surface area contributed by atoms with E-state index in [9.17, 15) is 8.78 Å². The third-order valence-corrected chi connectivity index (χ3v) is 4.41. The Hall–Kier alpha value is -1.10. The molecule has 0 bridgehead atoms. The molecule has 0 heterocycles. The van der Waals surface area contributed by atoms with Crippen molar-refractivity contribution in [3.05, 3.63) is 64.7 Å². The average molecular weight is 314 g/mol. The lowest BCUT2D eigenvalue weighted by Gasteiger charge is -2.12. The molecule has 0 radical (unpaired) electrons. The lowest BCUT2D eigenvalue weighted by atomic mass is 10.1. The van der Waals surface area contributed by atoms with Crippen LogP contribution in [-0.4, -0.2) is 11.8 Å². The van der Waals surface area contributed by atoms with Gasteiger partial charge in [0.05, 0.1) is 5.02 Å². The van der Waals surface area contributed by atoms with Crippen molar-refractivity contribution < 1.29 is 8.78 Å². The molecular formula is C15H14ClF2NS. The Kier molecular flexibility index (Phi) is 5.40. The average Bonchev–Trinajstić information content (AvgIpc) is 2.36. The van der Waals surface area contributed by atoms with Gasteiger partial charge in [0.25, 0.3) is 0 Å². The molecule has 20 heavy (non-hydrogen) atoms. The van der Waals surface area contributed by atoms with E-state index in [1.807, 2.05) is 24.3 Å². The van der Waals surface area contributed by atoms with Crippen LogP contribution < -0.4 is 5.73 Å². The number of rotatable bonds is 5. The lowest BCUT2D eigenvalue weighted by Crippen LogP contribution is -2.25. The highest BCUT2D eigenvalue weighted by Crippen LogP contribution is 2.27. The lowest BCUT2D eigenvalue weighted by molar-refractivity contribution is 0.577. The summed E-state index contributed by atoms with van der Waals surface area (Å²) in [5.41, 5.74) is 6.56. The van der Waals surface area contributed by atoms with Crippen LogP contribution in [0.1, 0.15) is 5.56 Å². The molecule has 0 amide bonds. The maximum Gasteiger partial charge on any atom is 0.126 e. The number of hydrogen-bond donors (Lipinski definition) is 1. The van der Waals surface area contributed by atoms with E-state index in [1.54, 1.807) is 0 Å². The molecule has 106 valence electrons. The van der Waals surface area contributed by atoms with Gasteiger partial charge in [-0.05, 0) is 36.2 Å². The van der Waals surface area contributed by atoms with E-state index in [1.165, 1.54) is 23.9 Å². The summed E-state index contributed by atoms with van der Waals surface area (Å²) in [6, 6.07) is 10.8. The van der Waals surface area contributed by atoms with Gasteiger partial charge in [-0.15, -0.1) is 11.8 Å². The van der Waals surface area contributed by atoms with E-state index >= 15 is 0 Å². The molecule has 1 nitrogen and oxygen atoms in total. The van der Waals surface area contributed by atoms with Crippen LogP contribution in [0.4, 0.5) is 8.78 Å². The van der Waals surface area contributed by atoms with Crippen LogP contribution in [0.25, 0.3) is 0 Å². The van der Waals surface area contributed by atoms with Gasteiger partial charge in [0.15, 0.2) is 0 Å². The van der Waals surface area contributed by atoms with Crippen molar-refractivity contribution in [3.63, 3.8) is 0 Å². The van der Waals surface area contributed by atoms with Gasteiger partial charge in [-0.1, -0.05) is 23.7 Å². The minimum absolute atomic E-state index is 0.197. The molecule has 2 N–H and O–H groups in total. The van der Waals surface area contributed by atoms with Gasteiger partial charge in [0, 0.05) is 22.8 Å². The highest BCUT2D eigenvalue weighted by molar-refractivity contribution is 7.99. The van der Waals surface area contributed by atoms with Crippen LogP contribution in [0.2, 0.25) is 5.02 Å². The number of halogens is 3. The summed E-state index contributed by atoms with van der Waals surface area (Å²) in [6.07, 6.45) is 0.423. The molecule has 5 heteroatoms. The van der Waals surface area contributed by atoms with Crippen molar-refractivity contribution in [1.82, 2.24) is 0 Å². The minimum Gasteiger partial charge on any atom is -0.327 e. The standard InChI is InChI=1S/C15H14ClF2NS/c16-14-3-1-2-4-15(14)20-9-13(19)7-10-5-11(17)8-12(18)6-10/h1-6,8,13H,7,9,19H2. The maximum absolute atomic E-state index is 13.1. The fraction of sp³-hybridized carbons (Fsp3) is 0.200. The fourth-order valence-corrected chi connectivity index (χ4v) is 3.04. The van der Waals surface area contributed by atoms with Crippen molar-refractivity contribution >= 4 is 23.4 Å². The predicted octanol–water partition coefficient (Wildman–Crippen LogP) is 4.28. The van der Waals surface area contributed by atoms with Gasteiger partial charge in [-0.25, -0.2) is 8.78 Å². The predicted molar refractivity (Wildman–Crippen MR) is 80.2 cm³/mol. The summed E-state index contributed by atoms with van der Waals surface area (Å²) in [5.74, 6) is -0.529. The topological polar surface area (TPSA) is 26.0 Å². The van der Waals surface area contributed by atoms with Gasteiger partial charge < -0.3 is 5.73 Å². The Morgan fingerprint density at radius 1 is 1.10 bits per heavy atom. The monoisotopic (exact) mass is 313 g/mol. The van der Waals surface area contributed by atoms with Gasteiger partial charge in [0.2, 0.25) is 0 Å². The number of hydrogen-bond acceptors (Lipinski definition) is 2. The first-order valence-electron chi connectivity index (χ1n) is 6.12. The van der Waals surface area contributed by atoms with Crippen LogP contribution in [0.15, 0.2) is 47.4 Å². The summed E-state index contributed by atoms with van der Waals surface area (Å²) >= 11 is 7.59. The van der Waals surface area contributed by atoms with E-state index in [0.29, 0.717) is 22.8 Å². The Labute approximate surface area is 126 Å². The Morgan fingerprint density at radius 3 is 2.40 bits per heavy atom. The highest BCUT2D eigenvalue weighted by atomic mass is 35.5. The first kappa shape index (κ1) is 15.3. The first-order chi connectivity index (χ1) is 9.54. The second-order valence-corrected chi connectivity index (χ2v) is 5.95. The van der Waals surface area contributed by atoms with E-state index in [4.69, 9.17) is 17.3 Å². The van der Waals surface area contributed by atoms with Gasteiger partial charge in [-0.2, -0.15) is 0 Å². The second-order valence-electron chi connectivity index (χ2n) is 4.48. The zero-order chi connectivity index (χ0) is 14.5. The molecule has 2 aromatic rings. The van der Waals surface area contributed by atoms with Crippen LogP contribution in [0.5, 0.6) is 0 Å². The quantitative estimate of drug-likeness (QED) is 0.834. The molecule has 2 rings (SSSR count). The molecule has 0 saturated carbocycles. The largest absolute Gasteiger partial charge is 0.327 e. The third kappa shape index (κ3) is 4.47. The summed E-state index contributed by atoms with van der Waals surface area (Å²) < 4.78 is 26.2.